The molecule has 20 heavy (non-hydrogen) atoms. The molecule has 1 saturated heterocycles. The van der Waals surface area contributed by atoms with Crippen molar-refractivity contribution < 1.29 is 0 Å². The maximum atomic E-state index is 4.44. The SMILES string of the molecule is Cc1cc(N2CCC[C@@H](Cc3nccn3C)C2)ncn1. The number of anilines is 1. The van der Waals surface area contributed by atoms with E-state index in [0.29, 0.717) is 5.92 Å². The highest BCUT2D eigenvalue weighted by atomic mass is 15.2. The monoisotopic (exact) mass is 271 g/mol. The van der Waals surface area contributed by atoms with E-state index in [4.69, 9.17) is 0 Å². The molecule has 1 aliphatic heterocycles. The summed E-state index contributed by atoms with van der Waals surface area (Å²) in [6.07, 6.45) is 9.09. The molecule has 0 N–H and O–H groups in total. The van der Waals surface area contributed by atoms with Crippen LogP contribution in [0.2, 0.25) is 0 Å². The molecular formula is C15H21N5. The van der Waals surface area contributed by atoms with Crippen molar-refractivity contribution in [2.45, 2.75) is 26.2 Å². The third-order valence-electron chi connectivity index (χ3n) is 4.02. The van der Waals surface area contributed by atoms with Crippen molar-refractivity contribution in [1.82, 2.24) is 19.5 Å². The fourth-order valence-corrected chi connectivity index (χ4v) is 2.90. The van der Waals surface area contributed by atoms with Gasteiger partial charge in [0.15, 0.2) is 0 Å². The zero-order valence-electron chi connectivity index (χ0n) is 12.2. The van der Waals surface area contributed by atoms with Crippen LogP contribution in [0.1, 0.15) is 24.4 Å². The van der Waals surface area contributed by atoms with Crippen LogP contribution in [0, 0.1) is 12.8 Å². The molecule has 0 bridgehead atoms. The van der Waals surface area contributed by atoms with Crippen LogP contribution in [0.15, 0.2) is 24.8 Å². The van der Waals surface area contributed by atoms with Gasteiger partial charge >= 0.3 is 0 Å². The van der Waals surface area contributed by atoms with E-state index in [1.807, 2.05) is 19.3 Å². The van der Waals surface area contributed by atoms with Gasteiger partial charge in [0.2, 0.25) is 0 Å². The molecular weight excluding hydrogens is 250 g/mol. The number of aromatic nitrogens is 4. The molecule has 1 fully saturated rings. The maximum absolute atomic E-state index is 4.44. The van der Waals surface area contributed by atoms with Gasteiger partial charge in [-0.1, -0.05) is 0 Å². The van der Waals surface area contributed by atoms with Gasteiger partial charge in [-0.2, -0.15) is 0 Å². The van der Waals surface area contributed by atoms with Crippen molar-refractivity contribution in [3.05, 3.63) is 36.3 Å². The molecule has 0 radical (unpaired) electrons. The minimum atomic E-state index is 0.653. The summed E-state index contributed by atoms with van der Waals surface area (Å²) in [4.78, 5) is 15.4. The van der Waals surface area contributed by atoms with Crippen molar-refractivity contribution in [3.8, 4) is 0 Å². The lowest BCUT2D eigenvalue weighted by molar-refractivity contribution is 0.401. The first-order valence-electron chi connectivity index (χ1n) is 7.22. The standard InChI is InChI=1S/C15H21N5/c1-12-8-15(18-11-17-12)20-6-3-4-13(10-20)9-14-16-5-7-19(14)2/h5,7-8,11,13H,3-4,6,9-10H2,1-2H3/t13-/m0/s1. The van der Waals surface area contributed by atoms with Crippen molar-refractivity contribution in [1.29, 1.82) is 0 Å². The third kappa shape index (κ3) is 2.81. The van der Waals surface area contributed by atoms with Gasteiger partial charge in [-0.05, 0) is 25.7 Å². The van der Waals surface area contributed by atoms with Gasteiger partial charge in [-0.25, -0.2) is 15.0 Å². The molecule has 2 aromatic heterocycles. The molecule has 1 atom stereocenters. The Labute approximate surface area is 119 Å². The Hall–Kier alpha value is -1.91. The minimum Gasteiger partial charge on any atom is -0.356 e. The number of nitrogens with zero attached hydrogens (tertiary/aromatic N) is 5. The van der Waals surface area contributed by atoms with Crippen LogP contribution in [-0.2, 0) is 13.5 Å². The van der Waals surface area contributed by atoms with Gasteiger partial charge in [-0.3, -0.25) is 0 Å². The molecule has 3 rings (SSSR count). The average Bonchev–Trinajstić information content (AvgIpc) is 2.85. The summed E-state index contributed by atoms with van der Waals surface area (Å²) in [6, 6.07) is 2.07. The van der Waals surface area contributed by atoms with Crippen LogP contribution in [0.25, 0.3) is 0 Å². The van der Waals surface area contributed by atoms with Gasteiger partial charge in [0.05, 0.1) is 0 Å². The van der Waals surface area contributed by atoms with Crippen LogP contribution in [0.4, 0.5) is 5.82 Å². The number of rotatable bonds is 3. The van der Waals surface area contributed by atoms with E-state index in [9.17, 15) is 0 Å². The predicted octanol–water partition coefficient (Wildman–Crippen LogP) is 1.98. The first-order valence-corrected chi connectivity index (χ1v) is 7.22. The zero-order valence-corrected chi connectivity index (χ0v) is 12.2. The highest BCUT2D eigenvalue weighted by Gasteiger charge is 2.22. The number of piperidine rings is 1. The zero-order chi connectivity index (χ0) is 13.9. The second-order valence-corrected chi connectivity index (χ2v) is 5.63. The van der Waals surface area contributed by atoms with Crippen LogP contribution < -0.4 is 4.90 Å². The molecule has 5 nitrogen and oxygen atoms in total. The molecule has 0 aromatic carbocycles. The second kappa shape index (κ2) is 5.61. The number of aryl methyl sites for hydroxylation is 2. The van der Waals surface area contributed by atoms with E-state index in [1.165, 1.54) is 18.7 Å². The van der Waals surface area contributed by atoms with E-state index in [2.05, 4.69) is 37.5 Å². The smallest absolute Gasteiger partial charge is 0.132 e. The Balaban J connectivity index is 1.69. The summed E-state index contributed by atoms with van der Waals surface area (Å²) in [6.45, 7) is 4.16. The molecule has 0 unspecified atom stereocenters. The van der Waals surface area contributed by atoms with Gasteiger partial charge in [0.1, 0.15) is 18.0 Å². The summed E-state index contributed by atoms with van der Waals surface area (Å²) < 4.78 is 2.12. The Morgan fingerprint density at radius 3 is 2.95 bits per heavy atom. The Morgan fingerprint density at radius 1 is 1.30 bits per heavy atom. The van der Waals surface area contributed by atoms with Crippen molar-refractivity contribution >= 4 is 5.82 Å². The summed E-state index contributed by atoms with van der Waals surface area (Å²) in [5.74, 6) is 2.89. The highest BCUT2D eigenvalue weighted by Crippen LogP contribution is 2.23. The predicted molar refractivity (Wildman–Crippen MR) is 78.6 cm³/mol. The van der Waals surface area contributed by atoms with Crippen LogP contribution in [0.3, 0.4) is 0 Å². The lowest BCUT2D eigenvalue weighted by Crippen LogP contribution is -2.37. The largest absolute Gasteiger partial charge is 0.356 e. The van der Waals surface area contributed by atoms with Crippen molar-refractivity contribution in [3.63, 3.8) is 0 Å². The van der Waals surface area contributed by atoms with E-state index in [0.717, 1.165) is 31.0 Å². The molecule has 0 saturated carbocycles. The van der Waals surface area contributed by atoms with Gasteiger partial charge in [-0.15, -0.1) is 0 Å². The first-order chi connectivity index (χ1) is 9.72. The van der Waals surface area contributed by atoms with Crippen LogP contribution >= 0.6 is 0 Å². The van der Waals surface area contributed by atoms with Crippen LogP contribution in [0.5, 0.6) is 0 Å². The van der Waals surface area contributed by atoms with Gasteiger partial charge in [0.25, 0.3) is 0 Å². The fraction of sp³-hybridized carbons (Fsp3) is 0.533. The van der Waals surface area contributed by atoms with E-state index < -0.39 is 0 Å². The summed E-state index contributed by atoms with van der Waals surface area (Å²) in [5.41, 5.74) is 1.03. The first kappa shape index (κ1) is 13.1. The van der Waals surface area contributed by atoms with Gasteiger partial charge in [0, 0.05) is 50.7 Å². The minimum absolute atomic E-state index is 0.653. The van der Waals surface area contributed by atoms with Crippen LogP contribution in [-0.4, -0.2) is 32.6 Å². The number of imidazole rings is 1. The number of hydrogen-bond donors (Lipinski definition) is 0. The topological polar surface area (TPSA) is 46.8 Å². The molecule has 3 heterocycles. The molecule has 0 aliphatic carbocycles. The Bertz CT molecular complexity index is 577. The average molecular weight is 271 g/mol. The van der Waals surface area contributed by atoms with Crippen molar-refractivity contribution in [2.75, 3.05) is 18.0 Å². The maximum Gasteiger partial charge on any atom is 0.132 e. The van der Waals surface area contributed by atoms with Crippen molar-refractivity contribution in [2.24, 2.45) is 13.0 Å². The normalized spacial score (nSPS) is 19.3. The lowest BCUT2D eigenvalue weighted by atomic mass is 9.94. The fourth-order valence-electron chi connectivity index (χ4n) is 2.90. The summed E-state index contributed by atoms with van der Waals surface area (Å²) in [5, 5.41) is 0. The molecule has 106 valence electrons. The third-order valence-corrected chi connectivity index (χ3v) is 4.02. The molecule has 0 amide bonds. The molecule has 5 heteroatoms. The molecule has 2 aromatic rings. The second-order valence-electron chi connectivity index (χ2n) is 5.63. The van der Waals surface area contributed by atoms with Gasteiger partial charge < -0.3 is 9.47 Å². The molecule has 1 aliphatic rings. The lowest BCUT2D eigenvalue weighted by Gasteiger charge is -2.33. The quantitative estimate of drug-likeness (QED) is 0.856. The summed E-state index contributed by atoms with van der Waals surface area (Å²) >= 11 is 0. The highest BCUT2D eigenvalue weighted by molar-refractivity contribution is 5.39. The van der Waals surface area contributed by atoms with E-state index >= 15 is 0 Å². The number of hydrogen-bond acceptors (Lipinski definition) is 4. The Morgan fingerprint density at radius 2 is 2.20 bits per heavy atom. The molecule has 0 spiro atoms. The van der Waals surface area contributed by atoms with E-state index in [1.54, 1.807) is 6.33 Å². The Kier molecular flexibility index (Phi) is 3.67. The van der Waals surface area contributed by atoms with E-state index in [-0.39, 0.29) is 0 Å². The summed E-state index contributed by atoms with van der Waals surface area (Å²) in [7, 11) is 2.07.